The van der Waals surface area contributed by atoms with Crippen molar-refractivity contribution >= 4 is 22.7 Å². The van der Waals surface area contributed by atoms with Crippen LogP contribution in [0.2, 0.25) is 0 Å². The molecule has 5 heteroatoms. The molecule has 0 amide bonds. The van der Waals surface area contributed by atoms with Crippen LogP contribution in [-0.4, -0.2) is 13.0 Å². The van der Waals surface area contributed by atoms with Crippen LogP contribution in [0.5, 0.6) is 0 Å². The van der Waals surface area contributed by atoms with E-state index in [1.54, 1.807) is 6.07 Å². The second-order valence-corrected chi connectivity index (χ2v) is 6.91. The van der Waals surface area contributed by atoms with Crippen molar-refractivity contribution in [3.05, 3.63) is 72.8 Å². The Labute approximate surface area is 140 Å². The van der Waals surface area contributed by atoms with E-state index < -0.39 is 10.1 Å². The zero-order valence-corrected chi connectivity index (χ0v) is 13.8. The van der Waals surface area contributed by atoms with Crippen LogP contribution in [0.4, 0.5) is 0 Å². The van der Waals surface area contributed by atoms with Crippen molar-refractivity contribution in [3.8, 4) is 22.3 Å². The van der Waals surface area contributed by atoms with E-state index in [2.05, 4.69) is 12.6 Å². The summed E-state index contributed by atoms with van der Waals surface area (Å²) in [6.07, 6.45) is 0. The molecule has 0 saturated carbocycles. The van der Waals surface area contributed by atoms with Gasteiger partial charge in [0.1, 0.15) is 4.90 Å². The zero-order valence-electron chi connectivity index (χ0n) is 12.0. The van der Waals surface area contributed by atoms with Crippen LogP contribution in [0.1, 0.15) is 0 Å². The molecule has 3 aromatic carbocycles. The van der Waals surface area contributed by atoms with Crippen molar-refractivity contribution in [1.29, 1.82) is 0 Å². The van der Waals surface area contributed by atoms with E-state index in [0.29, 0.717) is 21.6 Å². The van der Waals surface area contributed by atoms with Gasteiger partial charge >= 0.3 is 0 Å². The first kappa shape index (κ1) is 15.8. The van der Waals surface area contributed by atoms with E-state index >= 15 is 0 Å². The monoisotopic (exact) mass is 342 g/mol. The van der Waals surface area contributed by atoms with Gasteiger partial charge in [0.15, 0.2) is 0 Å². The Kier molecular flexibility index (Phi) is 4.26. The Morgan fingerprint density at radius 2 is 1.17 bits per heavy atom. The van der Waals surface area contributed by atoms with Gasteiger partial charge in [0.25, 0.3) is 10.1 Å². The van der Waals surface area contributed by atoms with E-state index in [0.717, 1.165) is 5.56 Å². The van der Waals surface area contributed by atoms with Gasteiger partial charge < -0.3 is 0 Å². The van der Waals surface area contributed by atoms with Crippen molar-refractivity contribution in [1.82, 2.24) is 0 Å². The predicted octanol–water partition coefficient (Wildman–Crippen LogP) is 4.56. The molecule has 3 nitrogen and oxygen atoms in total. The summed E-state index contributed by atoms with van der Waals surface area (Å²) in [6, 6.07) is 21.5. The molecule has 0 spiro atoms. The maximum Gasteiger partial charge on any atom is 0.295 e. The van der Waals surface area contributed by atoms with Crippen molar-refractivity contribution in [2.45, 2.75) is 9.79 Å². The third-order valence-electron chi connectivity index (χ3n) is 3.55. The molecule has 3 rings (SSSR count). The van der Waals surface area contributed by atoms with Crippen molar-refractivity contribution < 1.29 is 13.0 Å². The number of thiol groups is 1. The average Bonchev–Trinajstić information content (AvgIpc) is 2.55. The number of hydrogen-bond donors (Lipinski definition) is 2. The summed E-state index contributed by atoms with van der Waals surface area (Å²) in [5, 5.41) is 0. The first-order valence-electron chi connectivity index (χ1n) is 6.93. The quantitative estimate of drug-likeness (QED) is 0.542. The lowest BCUT2D eigenvalue weighted by Crippen LogP contribution is -2.03. The molecular weight excluding hydrogens is 328 g/mol. The highest BCUT2D eigenvalue weighted by molar-refractivity contribution is 7.86. The van der Waals surface area contributed by atoms with Crippen LogP contribution in [-0.2, 0) is 10.1 Å². The molecule has 0 aliphatic rings. The minimum Gasteiger partial charge on any atom is -0.282 e. The highest BCUT2D eigenvalue weighted by atomic mass is 32.2. The minimum atomic E-state index is -4.36. The van der Waals surface area contributed by atoms with Gasteiger partial charge in [-0.25, -0.2) is 0 Å². The topological polar surface area (TPSA) is 54.4 Å². The van der Waals surface area contributed by atoms with Crippen molar-refractivity contribution in [3.63, 3.8) is 0 Å². The largest absolute Gasteiger partial charge is 0.295 e. The normalized spacial score (nSPS) is 11.4. The summed E-state index contributed by atoms with van der Waals surface area (Å²) in [4.78, 5) is 0.516. The maximum absolute atomic E-state index is 11.9. The zero-order chi connectivity index (χ0) is 16.4. The average molecular weight is 342 g/mol. The highest BCUT2D eigenvalue weighted by Gasteiger charge is 2.22. The fraction of sp³-hybridized carbons (Fsp3) is 0. The van der Waals surface area contributed by atoms with Crippen LogP contribution < -0.4 is 0 Å². The van der Waals surface area contributed by atoms with Gasteiger partial charge in [-0.3, -0.25) is 4.55 Å². The van der Waals surface area contributed by atoms with Gasteiger partial charge in [0.05, 0.1) is 0 Å². The summed E-state index contributed by atoms with van der Waals surface area (Å²) in [6.45, 7) is 0. The van der Waals surface area contributed by atoms with E-state index in [1.165, 1.54) is 6.07 Å². The molecule has 3 aromatic rings. The molecule has 0 fully saturated rings. The van der Waals surface area contributed by atoms with E-state index in [9.17, 15) is 13.0 Å². The fourth-order valence-corrected chi connectivity index (χ4v) is 3.61. The van der Waals surface area contributed by atoms with Crippen molar-refractivity contribution in [2.24, 2.45) is 0 Å². The molecule has 0 aliphatic carbocycles. The second-order valence-electron chi connectivity index (χ2n) is 5.04. The molecule has 23 heavy (non-hydrogen) atoms. The first-order valence-corrected chi connectivity index (χ1v) is 8.81. The van der Waals surface area contributed by atoms with Gasteiger partial charge in [-0.2, -0.15) is 8.42 Å². The predicted molar refractivity (Wildman–Crippen MR) is 94.4 cm³/mol. The Morgan fingerprint density at radius 3 is 1.65 bits per heavy atom. The molecule has 0 atom stereocenters. The summed E-state index contributed by atoms with van der Waals surface area (Å²) < 4.78 is 33.3. The van der Waals surface area contributed by atoms with Gasteiger partial charge in [-0.1, -0.05) is 60.7 Å². The summed E-state index contributed by atoms with van der Waals surface area (Å²) >= 11 is 4.50. The number of rotatable bonds is 3. The van der Waals surface area contributed by atoms with Gasteiger partial charge in [-0.05, 0) is 23.3 Å². The fourth-order valence-electron chi connectivity index (χ4n) is 2.58. The van der Waals surface area contributed by atoms with Gasteiger partial charge in [-0.15, -0.1) is 12.6 Å². The minimum absolute atomic E-state index is 0.125. The summed E-state index contributed by atoms with van der Waals surface area (Å²) in [5.74, 6) is 0. The van der Waals surface area contributed by atoms with Crippen LogP contribution in [0.3, 0.4) is 0 Å². The maximum atomic E-state index is 11.9. The standard InChI is InChI=1S/C18H14O3S2/c19-23(20,21)16-12-11-15(22)17(13-7-3-1-4-8-13)18(16)14-9-5-2-6-10-14/h1-12,22H,(H,19,20,21). The molecule has 0 heterocycles. The van der Waals surface area contributed by atoms with Crippen molar-refractivity contribution in [2.75, 3.05) is 0 Å². The molecule has 0 saturated heterocycles. The SMILES string of the molecule is O=S(=O)(O)c1ccc(S)c(-c2ccccc2)c1-c1ccccc1. The second kappa shape index (κ2) is 6.20. The van der Waals surface area contributed by atoms with E-state index in [-0.39, 0.29) is 4.90 Å². The molecule has 0 radical (unpaired) electrons. The van der Waals surface area contributed by atoms with Crippen LogP contribution >= 0.6 is 12.6 Å². The molecule has 0 aromatic heterocycles. The Bertz CT molecular complexity index is 935. The highest BCUT2D eigenvalue weighted by Crippen LogP contribution is 2.40. The molecule has 0 unspecified atom stereocenters. The Hall–Kier alpha value is -2.08. The Morgan fingerprint density at radius 1 is 0.696 bits per heavy atom. The lowest BCUT2D eigenvalue weighted by molar-refractivity contribution is 0.483. The molecule has 116 valence electrons. The van der Waals surface area contributed by atoms with Gasteiger partial charge in [0.2, 0.25) is 0 Å². The summed E-state index contributed by atoms with van der Waals surface area (Å²) in [7, 11) is -4.36. The van der Waals surface area contributed by atoms with Crippen LogP contribution in [0.15, 0.2) is 82.6 Å². The lowest BCUT2D eigenvalue weighted by Gasteiger charge is -2.16. The third-order valence-corrected chi connectivity index (χ3v) is 4.82. The molecular formula is C18H14O3S2. The first-order chi connectivity index (χ1) is 11.0. The van der Waals surface area contributed by atoms with Crippen LogP contribution in [0.25, 0.3) is 22.3 Å². The van der Waals surface area contributed by atoms with Crippen LogP contribution in [0, 0.1) is 0 Å². The third kappa shape index (κ3) is 3.17. The summed E-state index contributed by atoms with van der Waals surface area (Å²) in [5.41, 5.74) is 2.67. The number of hydrogen-bond acceptors (Lipinski definition) is 3. The lowest BCUT2D eigenvalue weighted by atomic mass is 9.94. The van der Waals surface area contributed by atoms with E-state index in [1.807, 2.05) is 60.7 Å². The Balaban J connectivity index is 2.44. The smallest absolute Gasteiger partial charge is 0.282 e. The van der Waals surface area contributed by atoms with E-state index in [4.69, 9.17) is 0 Å². The molecule has 0 bridgehead atoms. The molecule has 1 N–H and O–H groups in total. The number of benzene rings is 3. The molecule has 0 aliphatic heterocycles. The van der Waals surface area contributed by atoms with Gasteiger partial charge in [0, 0.05) is 16.0 Å².